The van der Waals surface area contributed by atoms with Crippen LogP contribution in [0.25, 0.3) is 0 Å². The van der Waals surface area contributed by atoms with E-state index in [-0.39, 0.29) is 13.0 Å². The van der Waals surface area contributed by atoms with Crippen LogP contribution in [0.2, 0.25) is 0 Å². The average molecular weight is 199 g/mol. The van der Waals surface area contributed by atoms with Gasteiger partial charge in [0.25, 0.3) is 5.92 Å². The fraction of sp³-hybridized carbons (Fsp3) is 0.455. The molecule has 0 fully saturated rings. The summed E-state index contributed by atoms with van der Waals surface area (Å²) in [5, 5.41) is 2.49. The van der Waals surface area contributed by atoms with Crippen LogP contribution in [0.15, 0.2) is 30.3 Å². The molecule has 0 unspecified atom stereocenters. The normalized spacial score (nSPS) is 11.6. The van der Waals surface area contributed by atoms with E-state index in [1.54, 1.807) is 0 Å². The van der Waals surface area contributed by atoms with Gasteiger partial charge in [-0.05, 0) is 19.0 Å². The number of nitrogens with one attached hydrogen (secondary N) is 1. The second kappa shape index (κ2) is 5.05. The van der Waals surface area contributed by atoms with Crippen LogP contribution in [0.4, 0.5) is 8.78 Å². The van der Waals surface area contributed by atoms with E-state index in [4.69, 9.17) is 0 Å². The molecular formula is C11H15F2N. The summed E-state index contributed by atoms with van der Waals surface area (Å²) in [6, 6.07) is 9.36. The number of alkyl halides is 2. The zero-order valence-corrected chi connectivity index (χ0v) is 8.26. The molecule has 1 rings (SSSR count). The fourth-order valence-electron chi connectivity index (χ4n) is 1.32. The molecule has 0 saturated carbocycles. The first-order valence-corrected chi connectivity index (χ1v) is 4.70. The highest BCUT2D eigenvalue weighted by atomic mass is 19.3. The Balaban J connectivity index is 2.40. The van der Waals surface area contributed by atoms with Crippen LogP contribution >= 0.6 is 0 Å². The average Bonchev–Trinajstić information content (AvgIpc) is 2.17. The van der Waals surface area contributed by atoms with Crippen molar-refractivity contribution in [1.82, 2.24) is 5.32 Å². The summed E-state index contributed by atoms with van der Waals surface area (Å²) in [6.07, 6.45) is 0.327. The Morgan fingerprint density at radius 2 is 1.86 bits per heavy atom. The zero-order valence-electron chi connectivity index (χ0n) is 8.26. The van der Waals surface area contributed by atoms with Crippen LogP contribution < -0.4 is 5.32 Å². The first-order chi connectivity index (χ1) is 6.64. The lowest BCUT2D eigenvalue weighted by molar-refractivity contribution is -0.00430. The lowest BCUT2D eigenvalue weighted by Gasteiger charge is -2.15. The van der Waals surface area contributed by atoms with Crippen molar-refractivity contribution in [2.75, 3.05) is 13.6 Å². The first-order valence-electron chi connectivity index (χ1n) is 4.70. The number of rotatable bonds is 5. The van der Waals surface area contributed by atoms with Crippen molar-refractivity contribution in [3.63, 3.8) is 0 Å². The lowest BCUT2D eigenvalue weighted by atomic mass is 10.1. The minimum atomic E-state index is -2.61. The van der Waals surface area contributed by atoms with E-state index >= 15 is 0 Å². The van der Waals surface area contributed by atoms with Crippen LogP contribution in [0.3, 0.4) is 0 Å². The van der Waals surface area contributed by atoms with Gasteiger partial charge in [-0.2, -0.15) is 0 Å². The summed E-state index contributed by atoms with van der Waals surface area (Å²) < 4.78 is 26.1. The summed E-state index contributed by atoms with van der Waals surface area (Å²) in [4.78, 5) is 0. The van der Waals surface area contributed by atoms with Crippen LogP contribution in [-0.2, 0) is 6.42 Å². The summed E-state index contributed by atoms with van der Waals surface area (Å²) in [6.45, 7) is -0.250. The minimum Gasteiger partial charge on any atom is -0.314 e. The highest BCUT2D eigenvalue weighted by Crippen LogP contribution is 2.19. The summed E-state index contributed by atoms with van der Waals surface area (Å²) >= 11 is 0. The molecule has 3 heteroatoms. The Morgan fingerprint density at radius 3 is 2.43 bits per heavy atom. The Kier molecular flexibility index (Phi) is 4.01. The third-order valence-electron chi connectivity index (χ3n) is 2.06. The largest absolute Gasteiger partial charge is 0.314 e. The molecular weight excluding hydrogens is 184 g/mol. The van der Waals surface area contributed by atoms with Crippen LogP contribution in [0, 0.1) is 0 Å². The minimum absolute atomic E-state index is 0.0994. The molecule has 0 radical (unpaired) electrons. The van der Waals surface area contributed by atoms with Gasteiger partial charge in [0, 0.05) is 6.42 Å². The molecule has 0 spiro atoms. The Labute approximate surface area is 83.1 Å². The molecule has 1 N–H and O–H groups in total. The zero-order chi connectivity index (χ0) is 10.4. The molecule has 0 aliphatic carbocycles. The fourth-order valence-corrected chi connectivity index (χ4v) is 1.32. The van der Waals surface area contributed by atoms with Gasteiger partial charge in [-0.15, -0.1) is 0 Å². The van der Waals surface area contributed by atoms with E-state index in [2.05, 4.69) is 5.32 Å². The Morgan fingerprint density at radius 1 is 1.21 bits per heavy atom. The molecule has 0 aliphatic heterocycles. The van der Waals surface area contributed by atoms with Gasteiger partial charge in [0.2, 0.25) is 0 Å². The second-order valence-electron chi connectivity index (χ2n) is 3.37. The van der Waals surface area contributed by atoms with E-state index in [0.29, 0.717) is 6.42 Å². The number of hydrogen-bond donors (Lipinski definition) is 1. The van der Waals surface area contributed by atoms with Crippen molar-refractivity contribution in [3.8, 4) is 0 Å². The lowest BCUT2D eigenvalue weighted by Crippen LogP contribution is -2.30. The molecule has 78 valence electrons. The molecule has 1 aromatic carbocycles. The van der Waals surface area contributed by atoms with Crippen molar-refractivity contribution in [2.45, 2.75) is 18.8 Å². The summed E-state index contributed by atoms with van der Waals surface area (Å²) in [5.74, 6) is -2.61. The smallest absolute Gasteiger partial charge is 0.260 e. The van der Waals surface area contributed by atoms with E-state index < -0.39 is 5.92 Å². The van der Waals surface area contributed by atoms with Gasteiger partial charge in [-0.1, -0.05) is 30.3 Å². The number of benzene rings is 1. The number of aryl methyl sites for hydroxylation is 1. The van der Waals surface area contributed by atoms with Gasteiger partial charge in [0.15, 0.2) is 0 Å². The monoisotopic (exact) mass is 199 g/mol. The molecule has 1 aromatic rings. The second-order valence-corrected chi connectivity index (χ2v) is 3.37. The molecule has 0 heterocycles. The highest BCUT2D eigenvalue weighted by molar-refractivity contribution is 5.14. The van der Waals surface area contributed by atoms with Gasteiger partial charge in [-0.3, -0.25) is 0 Å². The molecule has 0 saturated heterocycles. The Bertz CT molecular complexity index is 259. The van der Waals surface area contributed by atoms with E-state index in [1.165, 1.54) is 7.05 Å². The van der Waals surface area contributed by atoms with Gasteiger partial charge < -0.3 is 5.32 Å². The van der Waals surface area contributed by atoms with Gasteiger partial charge >= 0.3 is 0 Å². The standard InChI is InChI=1S/C11H15F2N/c1-14-9-11(12,13)8-7-10-5-3-2-4-6-10/h2-6,14H,7-9H2,1H3. The predicted molar refractivity (Wildman–Crippen MR) is 53.6 cm³/mol. The maximum atomic E-state index is 13.0. The molecule has 0 bridgehead atoms. The maximum Gasteiger partial charge on any atom is 0.260 e. The molecule has 14 heavy (non-hydrogen) atoms. The molecule has 0 aliphatic rings. The van der Waals surface area contributed by atoms with Crippen LogP contribution in [0.1, 0.15) is 12.0 Å². The van der Waals surface area contributed by atoms with E-state index in [1.807, 2.05) is 30.3 Å². The first kappa shape index (κ1) is 11.1. The van der Waals surface area contributed by atoms with Crippen LogP contribution in [0.5, 0.6) is 0 Å². The molecule has 0 amide bonds. The highest BCUT2D eigenvalue weighted by Gasteiger charge is 2.26. The SMILES string of the molecule is CNCC(F)(F)CCc1ccccc1. The van der Waals surface area contributed by atoms with Gasteiger partial charge in [0.1, 0.15) is 0 Å². The van der Waals surface area contributed by atoms with Crippen molar-refractivity contribution in [3.05, 3.63) is 35.9 Å². The molecule has 1 nitrogen and oxygen atoms in total. The number of halogens is 2. The van der Waals surface area contributed by atoms with Crippen molar-refractivity contribution >= 4 is 0 Å². The van der Waals surface area contributed by atoms with E-state index in [0.717, 1.165) is 5.56 Å². The topological polar surface area (TPSA) is 12.0 Å². The van der Waals surface area contributed by atoms with Gasteiger partial charge in [-0.25, -0.2) is 8.78 Å². The van der Waals surface area contributed by atoms with Gasteiger partial charge in [0.05, 0.1) is 6.54 Å². The Hall–Kier alpha value is -0.960. The van der Waals surface area contributed by atoms with Crippen molar-refractivity contribution < 1.29 is 8.78 Å². The quantitative estimate of drug-likeness (QED) is 0.768. The third kappa shape index (κ3) is 3.83. The van der Waals surface area contributed by atoms with Crippen LogP contribution in [-0.4, -0.2) is 19.5 Å². The molecule has 0 aromatic heterocycles. The summed E-state index contributed by atoms with van der Waals surface area (Å²) in [5.41, 5.74) is 0.961. The van der Waals surface area contributed by atoms with Crippen molar-refractivity contribution in [1.29, 1.82) is 0 Å². The predicted octanol–water partition coefficient (Wildman–Crippen LogP) is 2.47. The molecule has 0 atom stereocenters. The van der Waals surface area contributed by atoms with E-state index in [9.17, 15) is 8.78 Å². The van der Waals surface area contributed by atoms with Crippen molar-refractivity contribution in [2.24, 2.45) is 0 Å². The number of hydrogen-bond acceptors (Lipinski definition) is 1. The summed E-state index contributed by atoms with van der Waals surface area (Å²) in [7, 11) is 1.54. The maximum absolute atomic E-state index is 13.0. The third-order valence-corrected chi connectivity index (χ3v) is 2.06.